The lowest BCUT2D eigenvalue weighted by Gasteiger charge is -2.68. The molecule has 0 spiro atoms. The van der Waals surface area contributed by atoms with E-state index in [1.54, 1.807) is 6.92 Å². The lowest BCUT2D eigenvalue weighted by molar-refractivity contribution is -0.227. The highest BCUT2D eigenvalue weighted by Crippen LogP contribution is 2.69. The van der Waals surface area contributed by atoms with E-state index >= 15 is 0 Å². The lowest BCUT2D eigenvalue weighted by Crippen LogP contribution is -2.79. The van der Waals surface area contributed by atoms with Crippen molar-refractivity contribution in [2.24, 2.45) is 34.5 Å². The summed E-state index contributed by atoms with van der Waals surface area (Å²) in [4.78, 5) is 36.6. The molecule has 1 aliphatic heterocycles. The van der Waals surface area contributed by atoms with Crippen LogP contribution in [-0.4, -0.2) is 50.5 Å². The first-order chi connectivity index (χ1) is 16.3. The molecule has 0 bridgehead atoms. The third-order valence-electron chi connectivity index (χ3n) is 10.4. The molecule has 196 valence electrons. The van der Waals surface area contributed by atoms with Crippen molar-refractivity contribution in [3.63, 3.8) is 0 Å². The SMILES string of the molecule is CC(=O)O[C@H]1CC[C@@]23COS(=O)(=O)N[C@]2(C1)[C@@H](OC(C)=O)C[C@H]1[C@@H]2CC[C@H](C(C)=O)[C@@]2(C)CC[C@@H]13. The van der Waals surface area contributed by atoms with Gasteiger partial charge in [-0.05, 0) is 75.0 Å². The molecule has 1 heterocycles. The van der Waals surface area contributed by atoms with Gasteiger partial charge in [-0.1, -0.05) is 6.92 Å². The maximum absolute atomic E-state index is 12.8. The van der Waals surface area contributed by atoms with E-state index in [-0.39, 0.29) is 42.0 Å². The number of ketones is 1. The second-order valence-corrected chi connectivity index (χ2v) is 13.3. The van der Waals surface area contributed by atoms with Crippen molar-refractivity contribution < 1.29 is 36.5 Å². The van der Waals surface area contributed by atoms with Gasteiger partial charge in [0.05, 0.1) is 12.1 Å². The number of fused-ring (bicyclic) bond motifs is 3. The standard InChI is InChI=1S/C25H37NO8S/c1-14(27)19-5-6-20-18-11-22(34-16(3)29)25-12-17(33-15(2)28)7-10-24(25,13-32-35(30,31)26-25)21(18)8-9-23(19,20)4/h17-22,26H,5-13H2,1-4H3/t17-,18-,19+,20-,21-,22-,23+,24-,25+/m0/s1. The van der Waals surface area contributed by atoms with Gasteiger partial charge in [0.1, 0.15) is 18.0 Å². The topological polar surface area (TPSA) is 125 Å². The monoisotopic (exact) mass is 511 g/mol. The van der Waals surface area contributed by atoms with E-state index in [1.165, 1.54) is 13.8 Å². The number of hydrogen-bond donors (Lipinski definition) is 1. The number of Topliss-reactive ketones (excluding diaryl/α,β-unsaturated/α-hetero) is 1. The Morgan fingerprint density at radius 2 is 1.66 bits per heavy atom. The highest BCUT2D eigenvalue weighted by Gasteiger charge is 2.73. The minimum atomic E-state index is -4.07. The second-order valence-electron chi connectivity index (χ2n) is 11.9. The van der Waals surface area contributed by atoms with Gasteiger partial charge in [-0.2, -0.15) is 13.1 Å². The summed E-state index contributed by atoms with van der Waals surface area (Å²) in [7, 11) is -4.07. The summed E-state index contributed by atoms with van der Waals surface area (Å²) < 4.78 is 45.4. The summed E-state index contributed by atoms with van der Waals surface area (Å²) in [6.45, 7) is 6.65. The fourth-order valence-corrected chi connectivity index (χ4v) is 10.6. The van der Waals surface area contributed by atoms with Gasteiger partial charge in [0.15, 0.2) is 0 Å². The van der Waals surface area contributed by atoms with Gasteiger partial charge >= 0.3 is 22.2 Å². The molecule has 0 radical (unpaired) electrons. The van der Waals surface area contributed by atoms with Gasteiger partial charge in [0, 0.05) is 31.6 Å². The number of carbonyl (C=O) groups is 3. The molecule has 9 nitrogen and oxygen atoms in total. The minimum absolute atomic E-state index is 0.0215. The molecule has 0 aromatic heterocycles. The molecule has 1 N–H and O–H groups in total. The zero-order valence-corrected chi connectivity index (χ0v) is 21.8. The number of hydrogen-bond acceptors (Lipinski definition) is 8. The van der Waals surface area contributed by atoms with E-state index in [9.17, 15) is 22.8 Å². The van der Waals surface area contributed by atoms with Crippen LogP contribution >= 0.6 is 0 Å². The van der Waals surface area contributed by atoms with E-state index in [0.29, 0.717) is 25.2 Å². The van der Waals surface area contributed by atoms with Crippen LogP contribution in [0.1, 0.15) is 79.1 Å². The van der Waals surface area contributed by atoms with Crippen molar-refractivity contribution >= 4 is 28.0 Å². The molecule has 10 heteroatoms. The van der Waals surface area contributed by atoms with Crippen LogP contribution in [0.15, 0.2) is 0 Å². The Kier molecular flexibility index (Phi) is 5.92. The Labute approximate surface area is 207 Å². The van der Waals surface area contributed by atoms with Crippen LogP contribution in [0.5, 0.6) is 0 Å². The maximum atomic E-state index is 12.8. The van der Waals surface area contributed by atoms with E-state index in [4.69, 9.17) is 13.7 Å². The molecule has 4 saturated carbocycles. The zero-order valence-electron chi connectivity index (χ0n) is 21.0. The first kappa shape index (κ1) is 25.1. The van der Waals surface area contributed by atoms with Gasteiger partial charge in [-0.15, -0.1) is 0 Å². The quantitative estimate of drug-likeness (QED) is 0.574. The van der Waals surface area contributed by atoms with Crippen molar-refractivity contribution in [2.45, 2.75) is 96.8 Å². The molecule has 5 aliphatic rings. The van der Waals surface area contributed by atoms with E-state index in [0.717, 1.165) is 25.7 Å². The summed E-state index contributed by atoms with van der Waals surface area (Å²) in [6, 6.07) is 0. The van der Waals surface area contributed by atoms with Gasteiger partial charge in [0.2, 0.25) is 0 Å². The molecule has 4 aliphatic carbocycles. The molecule has 5 rings (SSSR count). The summed E-state index contributed by atoms with van der Waals surface area (Å²) in [5, 5.41) is 0. The fourth-order valence-electron chi connectivity index (χ4n) is 9.33. The largest absolute Gasteiger partial charge is 0.462 e. The van der Waals surface area contributed by atoms with E-state index < -0.39 is 45.4 Å². The molecular formula is C25H37NO8S. The van der Waals surface area contributed by atoms with Gasteiger partial charge in [-0.3, -0.25) is 18.6 Å². The van der Waals surface area contributed by atoms with Crippen LogP contribution in [0.2, 0.25) is 0 Å². The summed E-state index contributed by atoms with van der Waals surface area (Å²) in [5.74, 6) is 0.0242. The first-order valence-electron chi connectivity index (χ1n) is 12.9. The lowest BCUT2D eigenvalue weighted by atomic mass is 9.41. The molecular weight excluding hydrogens is 474 g/mol. The number of esters is 2. The average molecular weight is 512 g/mol. The van der Waals surface area contributed by atoms with Crippen molar-refractivity contribution in [2.75, 3.05) is 6.61 Å². The highest BCUT2D eigenvalue weighted by atomic mass is 32.2. The number of ether oxygens (including phenoxy) is 2. The molecule has 5 fully saturated rings. The summed E-state index contributed by atoms with van der Waals surface area (Å²) in [6.07, 6.45) is 4.36. The minimum Gasteiger partial charge on any atom is -0.462 e. The van der Waals surface area contributed by atoms with Crippen molar-refractivity contribution in [3.8, 4) is 0 Å². The van der Waals surface area contributed by atoms with Crippen LogP contribution in [0, 0.1) is 34.5 Å². The molecule has 0 unspecified atom stereocenters. The van der Waals surface area contributed by atoms with Crippen molar-refractivity contribution in [1.82, 2.24) is 4.72 Å². The number of nitrogens with one attached hydrogen (secondary N) is 1. The molecule has 0 aromatic carbocycles. The van der Waals surface area contributed by atoms with Gasteiger partial charge in [-0.25, -0.2) is 0 Å². The molecule has 1 saturated heterocycles. The Bertz CT molecular complexity index is 1040. The summed E-state index contributed by atoms with van der Waals surface area (Å²) >= 11 is 0. The fraction of sp³-hybridized carbons (Fsp3) is 0.880. The maximum Gasteiger partial charge on any atom is 0.336 e. The predicted octanol–water partition coefficient (Wildman–Crippen LogP) is 2.67. The van der Waals surface area contributed by atoms with Crippen LogP contribution in [0.4, 0.5) is 0 Å². The Morgan fingerprint density at radius 1 is 0.943 bits per heavy atom. The van der Waals surface area contributed by atoms with Crippen LogP contribution in [-0.2, 0) is 38.3 Å². The Morgan fingerprint density at radius 3 is 2.31 bits per heavy atom. The number of carbonyl (C=O) groups excluding carboxylic acids is 3. The third kappa shape index (κ3) is 3.69. The van der Waals surface area contributed by atoms with E-state index in [1.807, 2.05) is 0 Å². The van der Waals surface area contributed by atoms with Crippen LogP contribution in [0.3, 0.4) is 0 Å². The van der Waals surface area contributed by atoms with Gasteiger partial charge < -0.3 is 9.47 Å². The smallest absolute Gasteiger partial charge is 0.336 e. The van der Waals surface area contributed by atoms with E-state index in [2.05, 4.69) is 11.6 Å². The molecule has 35 heavy (non-hydrogen) atoms. The molecule has 9 atom stereocenters. The highest BCUT2D eigenvalue weighted by molar-refractivity contribution is 7.84. The van der Waals surface area contributed by atoms with Crippen LogP contribution in [0.25, 0.3) is 0 Å². The number of rotatable bonds is 3. The van der Waals surface area contributed by atoms with Crippen LogP contribution < -0.4 is 4.72 Å². The first-order valence-corrected chi connectivity index (χ1v) is 14.3. The van der Waals surface area contributed by atoms with Crippen molar-refractivity contribution in [3.05, 3.63) is 0 Å². The van der Waals surface area contributed by atoms with Crippen molar-refractivity contribution in [1.29, 1.82) is 0 Å². The average Bonchev–Trinajstić information content (AvgIpc) is 3.09. The molecule has 0 amide bonds. The second kappa shape index (κ2) is 8.25. The normalized spacial score (nSPS) is 47.9. The Balaban J connectivity index is 1.61. The third-order valence-corrected chi connectivity index (χ3v) is 11.5. The predicted molar refractivity (Wildman–Crippen MR) is 124 cm³/mol. The molecule has 0 aromatic rings. The van der Waals surface area contributed by atoms with Gasteiger partial charge in [0.25, 0.3) is 0 Å². The zero-order chi connectivity index (χ0) is 25.4. The summed E-state index contributed by atoms with van der Waals surface area (Å²) in [5.41, 5.74) is -1.80. The Hall–Kier alpha value is -1.52.